The van der Waals surface area contributed by atoms with Crippen LogP contribution in [-0.2, 0) is 0 Å². The number of hydrogen-bond acceptors (Lipinski definition) is 3. The Labute approximate surface area is 155 Å². The minimum Gasteiger partial charge on any atom is -0.490 e. The summed E-state index contributed by atoms with van der Waals surface area (Å²) in [6, 6.07) is 11.7. The van der Waals surface area contributed by atoms with Gasteiger partial charge in [0.05, 0.1) is 18.2 Å². The number of benzene rings is 2. The Hall–Kier alpha value is -2.58. The molecular formula is C20H17BrFNO2. The Morgan fingerprint density at radius 2 is 2.00 bits per heavy atom. The lowest BCUT2D eigenvalue weighted by molar-refractivity contribution is 0.296. The summed E-state index contributed by atoms with van der Waals surface area (Å²) in [5, 5.41) is 9.43. The van der Waals surface area contributed by atoms with E-state index in [1.54, 1.807) is 42.5 Å². The molecule has 0 amide bonds. The molecule has 25 heavy (non-hydrogen) atoms. The van der Waals surface area contributed by atoms with Gasteiger partial charge in [-0.2, -0.15) is 5.26 Å². The summed E-state index contributed by atoms with van der Waals surface area (Å²) in [5.74, 6) is 0.669. The average Bonchev–Trinajstić information content (AvgIpc) is 2.61. The maximum Gasteiger partial charge on any atom is 0.162 e. The SMILES string of the molecule is C=CCOc1cc(Br)c(C=C(C#N)c2ccccc2F)cc1OCC. The average molecular weight is 402 g/mol. The Kier molecular flexibility index (Phi) is 6.79. The van der Waals surface area contributed by atoms with Crippen LogP contribution in [0.25, 0.3) is 11.6 Å². The number of nitriles is 1. The fourth-order valence-corrected chi connectivity index (χ4v) is 2.63. The predicted octanol–water partition coefficient (Wildman–Crippen LogP) is 5.62. The van der Waals surface area contributed by atoms with E-state index in [-0.39, 0.29) is 11.1 Å². The molecule has 128 valence electrons. The Bertz CT molecular complexity index is 840. The molecule has 2 aromatic rings. The Balaban J connectivity index is 2.50. The van der Waals surface area contributed by atoms with Gasteiger partial charge in [0.1, 0.15) is 12.4 Å². The lowest BCUT2D eigenvalue weighted by atomic mass is 10.0. The molecule has 2 aromatic carbocycles. The number of ether oxygens (including phenoxy) is 2. The number of rotatable bonds is 7. The fourth-order valence-electron chi connectivity index (χ4n) is 2.20. The molecule has 0 saturated heterocycles. The van der Waals surface area contributed by atoms with Crippen LogP contribution in [0.5, 0.6) is 11.5 Å². The van der Waals surface area contributed by atoms with Crippen molar-refractivity contribution in [1.29, 1.82) is 5.26 Å². The van der Waals surface area contributed by atoms with Crippen LogP contribution in [0.15, 0.2) is 53.5 Å². The van der Waals surface area contributed by atoms with Gasteiger partial charge in [-0.25, -0.2) is 4.39 Å². The summed E-state index contributed by atoms with van der Waals surface area (Å²) >= 11 is 3.46. The standard InChI is InChI=1S/C20H17BrFNO2/c1-3-9-25-20-12-17(21)14(11-19(20)24-4-2)10-15(13-23)16-7-5-6-8-18(16)22/h3,5-8,10-12H,1,4,9H2,2H3. The minimum atomic E-state index is -0.442. The van der Waals surface area contributed by atoms with E-state index in [1.807, 2.05) is 6.92 Å². The van der Waals surface area contributed by atoms with Crippen LogP contribution in [0.2, 0.25) is 0 Å². The van der Waals surface area contributed by atoms with E-state index in [4.69, 9.17) is 9.47 Å². The van der Waals surface area contributed by atoms with Crippen molar-refractivity contribution < 1.29 is 13.9 Å². The highest BCUT2D eigenvalue weighted by Crippen LogP contribution is 2.35. The van der Waals surface area contributed by atoms with Gasteiger partial charge in [-0.3, -0.25) is 0 Å². The minimum absolute atomic E-state index is 0.223. The Morgan fingerprint density at radius 1 is 1.28 bits per heavy atom. The van der Waals surface area contributed by atoms with E-state index < -0.39 is 5.82 Å². The lowest BCUT2D eigenvalue weighted by Crippen LogP contribution is -2.00. The van der Waals surface area contributed by atoms with Gasteiger partial charge in [0, 0.05) is 10.0 Å². The summed E-state index contributed by atoms with van der Waals surface area (Å²) < 4.78 is 25.9. The van der Waals surface area contributed by atoms with E-state index in [1.165, 1.54) is 6.07 Å². The molecule has 0 spiro atoms. The van der Waals surface area contributed by atoms with Crippen molar-refractivity contribution in [2.24, 2.45) is 0 Å². The molecule has 0 heterocycles. The second kappa shape index (κ2) is 9.05. The molecule has 5 heteroatoms. The van der Waals surface area contributed by atoms with Crippen LogP contribution in [0.4, 0.5) is 4.39 Å². The van der Waals surface area contributed by atoms with Crippen molar-refractivity contribution in [1.82, 2.24) is 0 Å². The third kappa shape index (κ3) is 4.71. The second-order valence-electron chi connectivity index (χ2n) is 5.00. The van der Waals surface area contributed by atoms with E-state index in [9.17, 15) is 9.65 Å². The summed E-state index contributed by atoms with van der Waals surface area (Å²) in [7, 11) is 0. The lowest BCUT2D eigenvalue weighted by Gasteiger charge is -2.13. The van der Waals surface area contributed by atoms with Gasteiger partial charge in [-0.1, -0.05) is 46.8 Å². The zero-order valence-corrected chi connectivity index (χ0v) is 15.3. The highest BCUT2D eigenvalue weighted by molar-refractivity contribution is 9.10. The topological polar surface area (TPSA) is 42.2 Å². The monoisotopic (exact) mass is 401 g/mol. The zero-order valence-electron chi connectivity index (χ0n) is 13.8. The molecule has 2 rings (SSSR count). The molecule has 0 fully saturated rings. The number of halogens is 2. The summed E-state index contributed by atoms with van der Waals surface area (Å²) in [4.78, 5) is 0. The van der Waals surface area contributed by atoms with Crippen molar-refractivity contribution in [3.05, 3.63) is 70.5 Å². The number of hydrogen-bond donors (Lipinski definition) is 0. The molecule has 0 N–H and O–H groups in total. The highest BCUT2D eigenvalue weighted by Gasteiger charge is 2.12. The van der Waals surface area contributed by atoms with Gasteiger partial charge in [0.25, 0.3) is 0 Å². The van der Waals surface area contributed by atoms with E-state index in [2.05, 4.69) is 28.6 Å². The largest absolute Gasteiger partial charge is 0.490 e. The first-order valence-electron chi connectivity index (χ1n) is 7.67. The molecule has 0 aliphatic heterocycles. The van der Waals surface area contributed by atoms with Crippen LogP contribution in [-0.4, -0.2) is 13.2 Å². The summed E-state index contributed by atoms with van der Waals surface area (Å²) in [5.41, 5.74) is 1.16. The van der Waals surface area contributed by atoms with Gasteiger partial charge in [0.2, 0.25) is 0 Å². The molecule has 0 aromatic heterocycles. The first-order chi connectivity index (χ1) is 12.1. The van der Waals surface area contributed by atoms with E-state index in [0.717, 1.165) is 0 Å². The van der Waals surface area contributed by atoms with Crippen LogP contribution in [0.3, 0.4) is 0 Å². The van der Waals surface area contributed by atoms with Crippen molar-refractivity contribution in [2.45, 2.75) is 6.92 Å². The van der Waals surface area contributed by atoms with Crippen LogP contribution >= 0.6 is 15.9 Å². The summed E-state index contributed by atoms with van der Waals surface area (Å²) in [6.45, 7) is 6.31. The van der Waals surface area contributed by atoms with Crippen LogP contribution in [0.1, 0.15) is 18.1 Å². The van der Waals surface area contributed by atoms with Crippen molar-refractivity contribution in [2.75, 3.05) is 13.2 Å². The van der Waals surface area contributed by atoms with Crippen LogP contribution < -0.4 is 9.47 Å². The molecule has 0 bridgehead atoms. The second-order valence-corrected chi connectivity index (χ2v) is 5.86. The molecule has 0 saturated carbocycles. The van der Waals surface area contributed by atoms with Crippen molar-refractivity contribution in [3.8, 4) is 17.6 Å². The molecule has 0 atom stereocenters. The molecule has 0 radical (unpaired) electrons. The first-order valence-corrected chi connectivity index (χ1v) is 8.46. The quantitative estimate of drug-likeness (QED) is 0.343. The number of allylic oxidation sites excluding steroid dienone is 1. The molecule has 3 nitrogen and oxygen atoms in total. The number of nitrogens with zero attached hydrogens (tertiary/aromatic N) is 1. The van der Waals surface area contributed by atoms with Gasteiger partial charge >= 0.3 is 0 Å². The molecule has 0 aliphatic carbocycles. The maximum absolute atomic E-state index is 14.0. The van der Waals surface area contributed by atoms with Gasteiger partial charge in [-0.05, 0) is 36.8 Å². The van der Waals surface area contributed by atoms with Gasteiger partial charge in [-0.15, -0.1) is 0 Å². The zero-order chi connectivity index (χ0) is 18.2. The third-order valence-electron chi connectivity index (χ3n) is 3.30. The van der Waals surface area contributed by atoms with Crippen molar-refractivity contribution >= 4 is 27.6 Å². The fraction of sp³-hybridized carbons (Fsp3) is 0.150. The third-order valence-corrected chi connectivity index (χ3v) is 3.99. The summed E-state index contributed by atoms with van der Waals surface area (Å²) in [6.07, 6.45) is 3.26. The first kappa shape index (κ1) is 18.8. The normalized spacial score (nSPS) is 10.9. The van der Waals surface area contributed by atoms with Crippen molar-refractivity contribution in [3.63, 3.8) is 0 Å². The van der Waals surface area contributed by atoms with Crippen LogP contribution in [0, 0.1) is 17.1 Å². The maximum atomic E-state index is 14.0. The van der Waals surface area contributed by atoms with Gasteiger partial charge < -0.3 is 9.47 Å². The van der Waals surface area contributed by atoms with E-state index >= 15 is 0 Å². The molecule has 0 aliphatic rings. The molecule has 0 unspecified atom stereocenters. The van der Waals surface area contributed by atoms with Gasteiger partial charge in [0.15, 0.2) is 11.5 Å². The highest BCUT2D eigenvalue weighted by atomic mass is 79.9. The molecular weight excluding hydrogens is 385 g/mol. The Morgan fingerprint density at radius 3 is 2.64 bits per heavy atom. The predicted molar refractivity (Wildman–Crippen MR) is 101 cm³/mol. The van der Waals surface area contributed by atoms with E-state index in [0.29, 0.717) is 34.7 Å². The smallest absolute Gasteiger partial charge is 0.162 e.